The Bertz CT molecular complexity index is 443. The zero-order chi connectivity index (χ0) is 14.5. The molecule has 0 aromatic heterocycles. The van der Waals surface area contributed by atoms with Gasteiger partial charge in [-0.25, -0.2) is 0 Å². The normalized spacial score (nSPS) is 12.4. The molecule has 1 aromatic carbocycles. The molecule has 1 atom stereocenters. The second-order valence-electron chi connectivity index (χ2n) is 5.13. The van der Waals surface area contributed by atoms with Crippen LogP contribution >= 0.6 is 12.2 Å². The van der Waals surface area contributed by atoms with Crippen molar-refractivity contribution < 1.29 is 9.90 Å². The van der Waals surface area contributed by atoms with Crippen molar-refractivity contribution in [3.05, 3.63) is 35.9 Å². The van der Waals surface area contributed by atoms with Crippen LogP contribution in [0.2, 0.25) is 0 Å². The van der Waals surface area contributed by atoms with Crippen molar-refractivity contribution in [2.75, 3.05) is 0 Å². The fourth-order valence-electron chi connectivity index (χ4n) is 1.35. The SMILES string of the molecule is CC(C)(C)NC(=S)NNC(=O)C(O)c1ccccc1. The van der Waals surface area contributed by atoms with E-state index in [1.165, 1.54) is 0 Å². The molecule has 1 rings (SSSR count). The van der Waals surface area contributed by atoms with Gasteiger partial charge in [0.05, 0.1) is 0 Å². The van der Waals surface area contributed by atoms with Crippen LogP contribution in [0.4, 0.5) is 0 Å². The zero-order valence-electron chi connectivity index (χ0n) is 11.2. The summed E-state index contributed by atoms with van der Waals surface area (Å²) in [7, 11) is 0. The van der Waals surface area contributed by atoms with Gasteiger partial charge in [-0.05, 0) is 38.6 Å². The first kappa shape index (κ1) is 15.4. The molecule has 5 nitrogen and oxygen atoms in total. The van der Waals surface area contributed by atoms with Gasteiger partial charge in [0.25, 0.3) is 5.91 Å². The quantitative estimate of drug-likeness (QED) is 0.481. The van der Waals surface area contributed by atoms with E-state index in [4.69, 9.17) is 12.2 Å². The highest BCUT2D eigenvalue weighted by atomic mass is 32.1. The molecule has 4 N–H and O–H groups in total. The summed E-state index contributed by atoms with van der Waals surface area (Å²) in [6.07, 6.45) is -1.23. The van der Waals surface area contributed by atoms with Gasteiger partial charge in [0, 0.05) is 5.54 Å². The van der Waals surface area contributed by atoms with Crippen LogP contribution < -0.4 is 16.2 Å². The predicted octanol–water partition coefficient (Wildman–Crippen LogP) is 1.01. The molecule has 1 unspecified atom stereocenters. The van der Waals surface area contributed by atoms with E-state index in [0.717, 1.165) is 0 Å². The van der Waals surface area contributed by atoms with Crippen molar-refractivity contribution in [1.29, 1.82) is 0 Å². The first-order chi connectivity index (χ1) is 8.79. The van der Waals surface area contributed by atoms with Crippen LogP contribution in [0, 0.1) is 0 Å². The monoisotopic (exact) mass is 281 g/mol. The number of hydrogen-bond acceptors (Lipinski definition) is 3. The summed E-state index contributed by atoms with van der Waals surface area (Å²) in [6, 6.07) is 8.68. The summed E-state index contributed by atoms with van der Waals surface area (Å²) in [5.74, 6) is -0.566. The Morgan fingerprint density at radius 3 is 2.32 bits per heavy atom. The maximum atomic E-state index is 11.7. The fourth-order valence-corrected chi connectivity index (χ4v) is 1.70. The minimum absolute atomic E-state index is 0.202. The molecular weight excluding hydrogens is 262 g/mol. The Kier molecular flexibility index (Phi) is 5.26. The number of thiocarbonyl (C=S) groups is 1. The van der Waals surface area contributed by atoms with Gasteiger partial charge in [-0.3, -0.25) is 15.6 Å². The summed E-state index contributed by atoms with van der Waals surface area (Å²) >= 11 is 5.01. The first-order valence-corrected chi connectivity index (χ1v) is 6.31. The van der Waals surface area contributed by atoms with Crippen molar-refractivity contribution in [2.24, 2.45) is 0 Å². The molecule has 0 saturated carbocycles. The van der Waals surface area contributed by atoms with Crippen LogP contribution in [0.1, 0.15) is 32.4 Å². The predicted molar refractivity (Wildman–Crippen MR) is 78.2 cm³/mol. The molecule has 0 fully saturated rings. The molecule has 0 saturated heterocycles. The molecule has 1 amide bonds. The Balaban J connectivity index is 2.46. The third-order valence-corrected chi connectivity index (χ3v) is 2.36. The van der Waals surface area contributed by atoms with Crippen LogP contribution in [0.15, 0.2) is 30.3 Å². The maximum absolute atomic E-state index is 11.7. The fraction of sp³-hybridized carbons (Fsp3) is 0.385. The summed E-state index contributed by atoms with van der Waals surface area (Å²) in [5, 5.41) is 13.1. The number of aliphatic hydroxyl groups is 1. The number of benzene rings is 1. The van der Waals surface area contributed by atoms with Gasteiger partial charge in [-0.15, -0.1) is 0 Å². The lowest BCUT2D eigenvalue weighted by Gasteiger charge is -2.23. The van der Waals surface area contributed by atoms with Gasteiger partial charge in [-0.2, -0.15) is 0 Å². The average Bonchev–Trinajstić information content (AvgIpc) is 2.34. The average molecular weight is 281 g/mol. The van der Waals surface area contributed by atoms with Gasteiger partial charge < -0.3 is 10.4 Å². The number of nitrogens with one attached hydrogen (secondary N) is 3. The first-order valence-electron chi connectivity index (χ1n) is 5.90. The Labute approximate surface area is 118 Å². The Morgan fingerprint density at radius 1 is 1.21 bits per heavy atom. The van der Waals surface area contributed by atoms with E-state index in [-0.39, 0.29) is 5.54 Å². The van der Waals surface area contributed by atoms with Crippen LogP contribution in [0.5, 0.6) is 0 Å². The van der Waals surface area contributed by atoms with Gasteiger partial charge in [0.2, 0.25) is 0 Å². The summed E-state index contributed by atoms with van der Waals surface area (Å²) in [5.41, 5.74) is 5.23. The van der Waals surface area contributed by atoms with E-state index in [1.54, 1.807) is 24.3 Å². The van der Waals surface area contributed by atoms with E-state index in [1.807, 2.05) is 26.8 Å². The van der Waals surface area contributed by atoms with Gasteiger partial charge >= 0.3 is 0 Å². The number of hydrazine groups is 1. The van der Waals surface area contributed by atoms with Crippen molar-refractivity contribution in [3.63, 3.8) is 0 Å². The van der Waals surface area contributed by atoms with Crippen molar-refractivity contribution in [2.45, 2.75) is 32.4 Å². The second-order valence-corrected chi connectivity index (χ2v) is 5.54. The van der Waals surface area contributed by atoms with Gasteiger partial charge in [0.1, 0.15) is 0 Å². The highest BCUT2D eigenvalue weighted by Gasteiger charge is 2.17. The highest BCUT2D eigenvalue weighted by molar-refractivity contribution is 7.80. The minimum Gasteiger partial charge on any atom is -0.378 e. The van der Waals surface area contributed by atoms with Crippen LogP contribution in [0.3, 0.4) is 0 Å². The van der Waals surface area contributed by atoms with Crippen molar-refractivity contribution in [1.82, 2.24) is 16.2 Å². The Hall–Kier alpha value is -1.66. The largest absolute Gasteiger partial charge is 0.378 e. The molecular formula is C13H19N3O2S. The summed E-state index contributed by atoms with van der Waals surface area (Å²) in [4.78, 5) is 11.7. The van der Waals surface area contributed by atoms with E-state index >= 15 is 0 Å². The Morgan fingerprint density at radius 2 is 1.79 bits per heavy atom. The van der Waals surface area contributed by atoms with E-state index < -0.39 is 12.0 Å². The topological polar surface area (TPSA) is 73.4 Å². The summed E-state index contributed by atoms with van der Waals surface area (Å²) < 4.78 is 0. The molecule has 0 heterocycles. The lowest BCUT2D eigenvalue weighted by molar-refractivity contribution is -0.130. The zero-order valence-corrected chi connectivity index (χ0v) is 12.0. The van der Waals surface area contributed by atoms with Crippen LogP contribution in [-0.2, 0) is 4.79 Å². The number of rotatable bonds is 2. The van der Waals surface area contributed by atoms with E-state index in [9.17, 15) is 9.90 Å². The molecule has 0 radical (unpaired) electrons. The van der Waals surface area contributed by atoms with Crippen LogP contribution in [-0.4, -0.2) is 21.7 Å². The smallest absolute Gasteiger partial charge is 0.271 e. The molecule has 0 aliphatic rings. The van der Waals surface area contributed by atoms with Gasteiger partial charge in [-0.1, -0.05) is 30.3 Å². The standard InChI is InChI=1S/C13H19N3O2S/c1-13(2,3)14-12(19)16-15-11(18)10(17)9-7-5-4-6-8-9/h4-8,10,17H,1-3H3,(H,15,18)(H2,14,16,19). The lowest BCUT2D eigenvalue weighted by atomic mass is 10.1. The van der Waals surface area contributed by atoms with Crippen LogP contribution in [0.25, 0.3) is 0 Å². The number of carbonyl (C=O) groups excluding carboxylic acids is 1. The molecule has 0 spiro atoms. The minimum atomic E-state index is -1.23. The molecule has 0 aliphatic heterocycles. The molecule has 104 valence electrons. The molecule has 6 heteroatoms. The van der Waals surface area contributed by atoms with Gasteiger partial charge in [0.15, 0.2) is 11.2 Å². The van der Waals surface area contributed by atoms with E-state index in [0.29, 0.717) is 10.7 Å². The summed E-state index contributed by atoms with van der Waals surface area (Å²) in [6.45, 7) is 5.84. The molecule has 19 heavy (non-hydrogen) atoms. The number of amides is 1. The third kappa shape index (κ3) is 5.67. The molecule has 1 aromatic rings. The van der Waals surface area contributed by atoms with Crippen molar-refractivity contribution >= 4 is 23.2 Å². The highest BCUT2D eigenvalue weighted by Crippen LogP contribution is 2.11. The maximum Gasteiger partial charge on any atom is 0.271 e. The molecule has 0 bridgehead atoms. The second kappa shape index (κ2) is 6.49. The number of aliphatic hydroxyl groups excluding tert-OH is 1. The third-order valence-electron chi connectivity index (χ3n) is 2.15. The number of hydrogen-bond donors (Lipinski definition) is 4. The van der Waals surface area contributed by atoms with E-state index in [2.05, 4.69) is 16.2 Å². The van der Waals surface area contributed by atoms with Crippen molar-refractivity contribution in [3.8, 4) is 0 Å². The lowest BCUT2D eigenvalue weighted by Crippen LogP contribution is -2.53. The molecule has 0 aliphatic carbocycles. The number of carbonyl (C=O) groups is 1.